The topological polar surface area (TPSA) is 71.0 Å². The summed E-state index contributed by atoms with van der Waals surface area (Å²) in [5.74, 6) is 0.200. The number of nitrogens with zero attached hydrogens (tertiary/aromatic N) is 3. The summed E-state index contributed by atoms with van der Waals surface area (Å²) in [6, 6.07) is 11.5. The Hall–Kier alpha value is -2.89. The summed E-state index contributed by atoms with van der Waals surface area (Å²) in [4.78, 5) is 32.9. The highest BCUT2D eigenvalue weighted by molar-refractivity contribution is 5.78. The second-order valence-electron chi connectivity index (χ2n) is 6.11. The number of pyridine rings is 1. The molecule has 0 bridgehead atoms. The van der Waals surface area contributed by atoms with Crippen molar-refractivity contribution in [3.8, 4) is 0 Å². The summed E-state index contributed by atoms with van der Waals surface area (Å²) in [7, 11) is 0. The minimum absolute atomic E-state index is 0.122. The van der Waals surface area contributed by atoms with E-state index in [4.69, 9.17) is 0 Å². The molecule has 1 aliphatic rings. The molecule has 0 atom stereocenters. The lowest BCUT2D eigenvalue weighted by Crippen LogP contribution is -2.24. The maximum atomic E-state index is 12.1. The summed E-state index contributed by atoms with van der Waals surface area (Å²) < 4.78 is 1.70. The number of hydrogen-bond donors (Lipinski definition) is 1. The van der Waals surface area contributed by atoms with Crippen LogP contribution in [0.25, 0.3) is 11.0 Å². The van der Waals surface area contributed by atoms with Gasteiger partial charge in [0, 0.05) is 19.2 Å². The van der Waals surface area contributed by atoms with Crippen LogP contribution in [0.15, 0.2) is 47.4 Å². The van der Waals surface area contributed by atoms with E-state index in [-0.39, 0.29) is 11.6 Å². The number of carbonyl (C=O) groups excluding carboxylic acids is 1. The molecule has 122 valence electrons. The van der Waals surface area contributed by atoms with Crippen molar-refractivity contribution in [3.05, 3.63) is 64.3 Å². The molecule has 0 unspecified atom stereocenters. The molecule has 1 amide bonds. The number of fused-ring (bicyclic) bond motifs is 1. The number of hydrogen-bond acceptors (Lipinski definition) is 3. The van der Waals surface area contributed by atoms with E-state index < -0.39 is 0 Å². The number of rotatable bonds is 4. The molecule has 0 saturated carbocycles. The third-order valence-corrected chi connectivity index (χ3v) is 4.43. The lowest BCUT2D eigenvalue weighted by atomic mass is 10.2. The molecule has 6 nitrogen and oxygen atoms in total. The molecule has 0 radical (unpaired) electrons. The number of carbonyl (C=O) groups is 1. The van der Waals surface area contributed by atoms with E-state index in [2.05, 4.69) is 9.97 Å². The monoisotopic (exact) mass is 322 g/mol. The van der Waals surface area contributed by atoms with Gasteiger partial charge in [-0.05, 0) is 30.2 Å². The molecule has 1 saturated heterocycles. The van der Waals surface area contributed by atoms with Gasteiger partial charge in [0.2, 0.25) is 5.91 Å². The van der Waals surface area contributed by atoms with Crippen LogP contribution in [0.5, 0.6) is 0 Å². The summed E-state index contributed by atoms with van der Waals surface area (Å²) in [6.45, 7) is 1.85. The zero-order valence-corrected chi connectivity index (χ0v) is 13.2. The number of para-hydroxylation sites is 2. The highest BCUT2D eigenvalue weighted by Gasteiger charge is 2.20. The maximum Gasteiger partial charge on any atom is 0.326 e. The molecule has 6 heteroatoms. The predicted octanol–water partition coefficient (Wildman–Crippen LogP) is 1.90. The maximum absolute atomic E-state index is 12.1. The smallest absolute Gasteiger partial charge is 0.326 e. The summed E-state index contributed by atoms with van der Waals surface area (Å²) in [5, 5.41) is 0. The molecule has 4 rings (SSSR count). The lowest BCUT2D eigenvalue weighted by molar-refractivity contribution is -0.128. The van der Waals surface area contributed by atoms with Gasteiger partial charge < -0.3 is 9.88 Å². The average molecular weight is 322 g/mol. The van der Waals surface area contributed by atoms with Gasteiger partial charge >= 0.3 is 5.69 Å². The molecule has 0 spiro atoms. The third kappa shape index (κ3) is 2.71. The first-order chi connectivity index (χ1) is 11.7. The van der Waals surface area contributed by atoms with Gasteiger partial charge in [-0.2, -0.15) is 0 Å². The van der Waals surface area contributed by atoms with Crippen molar-refractivity contribution in [1.29, 1.82) is 0 Å². The summed E-state index contributed by atoms with van der Waals surface area (Å²) >= 11 is 0. The largest absolute Gasteiger partial charge is 0.337 e. The van der Waals surface area contributed by atoms with Crippen LogP contribution in [-0.4, -0.2) is 31.9 Å². The number of aromatic amines is 1. The Morgan fingerprint density at radius 1 is 1.08 bits per heavy atom. The lowest BCUT2D eigenvalue weighted by Gasteiger charge is -2.14. The zero-order chi connectivity index (χ0) is 16.5. The van der Waals surface area contributed by atoms with Crippen molar-refractivity contribution in [2.75, 3.05) is 6.54 Å². The number of amides is 1. The van der Waals surface area contributed by atoms with Crippen LogP contribution < -0.4 is 5.69 Å². The average Bonchev–Trinajstić information content (AvgIpc) is 3.13. The van der Waals surface area contributed by atoms with Crippen molar-refractivity contribution in [1.82, 2.24) is 19.4 Å². The standard InChI is InChI=1S/C18H18N4O2/c23-17-6-3-9-21(17)12-14-8-7-13(10-19-14)11-22-16-5-2-1-4-15(16)20-18(22)24/h1-2,4-5,7-8,10H,3,6,9,11-12H2,(H,20,24). The molecule has 1 fully saturated rings. The first kappa shape index (κ1) is 14.7. The van der Waals surface area contributed by atoms with Gasteiger partial charge in [-0.25, -0.2) is 4.79 Å². The molecule has 1 aliphatic heterocycles. The van der Waals surface area contributed by atoms with E-state index in [9.17, 15) is 9.59 Å². The first-order valence-corrected chi connectivity index (χ1v) is 8.10. The van der Waals surface area contributed by atoms with Crippen molar-refractivity contribution < 1.29 is 4.79 Å². The van der Waals surface area contributed by atoms with Crippen LogP contribution in [0.3, 0.4) is 0 Å². The number of H-pyrrole nitrogens is 1. The SMILES string of the molecule is O=C1CCCN1Cc1ccc(Cn2c(=O)[nH]c3ccccc32)cn1. The van der Waals surface area contributed by atoms with Gasteiger partial charge in [-0.15, -0.1) is 0 Å². The molecular weight excluding hydrogens is 304 g/mol. The van der Waals surface area contributed by atoms with Gasteiger partial charge in [0.15, 0.2) is 0 Å². The minimum Gasteiger partial charge on any atom is -0.337 e. The number of aromatic nitrogens is 3. The van der Waals surface area contributed by atoms with E-state index in [1.165, 1.54) is 0 Å². The Kier molecular flexibility index (Phi) is 3.65. The third-order valence-electron chi connectivity index (χ3n) is 4.43. The van der Waals surface area contributed by atoms with E-state index in [0.29, 0.717) is 19.5 Å². The van der Waals surface area contributed by atoms with Crippen molar-refractivity contribution >= 4 is 16.9 Å². The molecule has 3 heterocycles. The predicted molar refractivity (Wildman–Crippen MR) is 90.5 cm³/mol. The normalized spacial score (nSPS) is 14.7. The van der Waals surface area contributed by atoms with E-state index in [1.54, 1.807) is 10.8 Å². The van der Waals surface area contributed by atoms with Crippen molar-refractivity contribution in [2.45, 2.75) is 25.9 Å². The Balaban J connectivity index is 1.53. The molecule has 24 heavy (non-hydrogen) atoms. The van der Waals surface area contributed by atoms with Crippen LogP contribution >= 0.6 is 0 Å². The van der Waals surface area contributed by atoms with Gasteiger partial charge in [0.05, 0.1) is 29.8 Å². The fraction of sp³-hybridized carbons (Fsp3) is 0.278. The molecule has 1 N–H and O–H groups in total. The first-order valence-electron chi connectivity index (χ1n) is 8.10. The van der Waals surface area contributed by atoms with Crippen LogP contribution in [-0.2, 0) is 17.9 Å². The zero-order valence-electron chi connectivity index (χ0n) is 13.2. The van der Waals surface area contributed by atoms with Gasteiger partial charge in [-0.1, -0.05) is 18.2 Å². The Morgan fingerprint density at radius 2 is 1.96 bits per heavy atom. The van der Waals surface area contributed by atoms with Gasteiger partial charge in [-0.3, -0.25) is 14.3 Å². The highest BCUT2D eigenvalue weighted by atomic mass is 16.2. The second kappa shape index (κ2) is 5.96. The second-order valence-corrected chi connectivity index (χ2v) is 6.11. The quantitative estimate of drug-likeness (QED) is 0.797. The van der Waals surface area contributed by atoms with Crippen LogP contribution in [0, 0.1) is 0 Å². The number of imidazole rings is 1. The van der Waals surface area contributed by atoms with Gasteiger partial charge in [0.1, 0.15) is 0 Å². The fourth-order valence-corrected chi connectivity index (χ4v) is 3.16. The number of benzene rings is 1. The summed E-state index contributed by atoms with van der Waals surface area (Å²) in [5.41, 5.74) is 3.43. The highest BCUT2D eigenvalue weighted by Crippen LogP contribution is 2.14. The molecule has 0 aliphatic carbocycles. The fourth-order valence-electron chi connectivity index (χ4n) is 3.16. The van der Waals surface area contributed by atoms with Crippen LogP contribution in [0.2, 0.25) is 0 Å². The minimum atomic E-state index is -0.122. The molecule has 3 aromatic rings. The number of likely N-dealkylation sites (tertiary alicyclic amines) is 1. The van der Waals surface area contributed by atoms with Gasteiger partial charge in [0.25, 0.3) is 0 Å². The summed E-state index contributed by atoms with van der Waals surface area (Å²) in [6.07, 6.45) is 3.35. The Morgan fingerprint density at radius 3 is 2.71 bits per heavy atom. The number of nitrogens with one attached hydrogen (secondary N) is 1. The van der Waals surface area contributed by atoms with E-state index >= 15 is 0 Å². The van der Waals surface area contributed by atoms with Crippen molar-refractivity contribution in [3.63, 3.8) is 0 Å². The molecular formula is C18H18N4O2. The molecule has 2 aromatic heterocycles. The Bertz CT molecular complexity index is 940. The van der Waals surface area contributed by atoms with Crippen LogP contribution in [0.1, 0.15) is 24.1 Å². The van der Waals surface area contributed by atoms with Crippen molar-refractivity contribution in [2.24, 2.45) is 0 Å². The van der Waals surface area contributed by atoms with E-state index in [0.717, 1.165) is 35.3 Å². The Labute approximate surface area is 138 Å². The molecule has 1 aromatic carbocycles. The van der Waals surface area contributed by atoms with E-state index in [1.807, 2.05) is 41.3 Å². The van der Waals surface area contributed by atoms with Crippen LogP contribution in [0.4, 0.5) is 0 Å².